The standard InChI is InChI=1S/C19H20Cl3N3O2/c1-19(2,3)18(27)24-12-6-4-5-11(7-12)23-10-17(26)25-16-9-14(21)13(20)8-15(16)22/h4-9,23H,10H2,1-3H3,(H,24,27)(H,25,26). The van der Waals surface area contributed by atoms with E-state index < -0.39 is 5.41 Å². The van der Waals surface area contributed by atoms with Crippen molar-refractivity contribution < 1.29 is 9.59 Å². The van der Waals surface area contributed by atoms with Gasteiger partial charge < -0.3 is 16.0 Å². The van der Waals surface area contributed by atoms with Crippen molar-refractivity contribution in [1.29, 1.82) is 0 Å². The van der Waals surface area contributed by atoms with Gasteiger partial charge in [0.1, 0.15) is 0 Å². The van der Waals surface area contributed by atoms with Gasteiger partial charge in [-0.15, -0.1) is 0 Å². The average Bonchev–Trinajstić information content (AvgIpc) is 2.57. The molecule has 0 unspecified atom stereocenters. The summed E-state index contributed by atoms with van der Waals surface area (Å²) in [5.41, 5.74) is 1.22. The van der Waals surface area contributed by atoms with E-state index in [1.54, 1.807) is 24.3 Å². The van der Waals surface area contributed by atoms with Crippen LogP contribution in [-0.4, -0.2) is 18.4 Å². The molecule has 0 heterocycles. The minimum Gasteiger partial charge on any atom is -0.376 e. The zero-order valence-corrected chi connectivity index (χ0v) is 17.4. The van der Waals surface area contributed by atoms with Gasteiger partial charge in [-0.3, -0.25) is 9.59 Å². The van der Waals surface area contributed by atoms with Gasteiger partial charge in [0.25, 0.3) is 0 Å². The second kappa shape index (κ2) is 8.83. The Morgan fingerprint density at radius 2 is 1.52 bits per heavy atom. The van der Waals surface area contributed by atoms with E-state index in [-0.39, 0.29) is 18.4 Å². The van der Waals surface area contributed by atoms with Crippen LogP contribution in [0.15, 0.2) is 36.4 Å². The lowest BCUT2D eigenvalue weighted by atomic mass is 9.95. The molecule has 0 fully saturated rings. The molecule has 2 aromatic rings. The number of anilines is 3. The van der Waals surface area contributed by atoms with E-state index in [4.69, 9.17) is 34.8 Å². The fourth-order valence-corrected chi connectivity index (χ4v) is 2.61. The topological polar surface area (TPSA) is 70.2 Å². The lowest BCUT2D eigenvalue weighted by Crippen LogP contribution is -2.27. The number of rotatable bonds is 5. The van der Waals surface area contributed by atoms with Crippen molar-refractivity contribution in [3.8, 4) is 0 Å². The van der Waals surface area contributed by atoms with Crippen molar-refractivity contribution in [2.75, 3.05) is 22.5 Å². The first kappa shape index (κ1) is 21.4. The van der Waals surface area contributed by atoms with Crippen LogP contribution in [0.2, 0.25) is 15.1 Å². The summed E-state index contributed by atoms with van der Waals surface area (Å²) in [5, 5.41) is 9.42. The van der Waals surface area contributed by atoms with E-state index in [2.05, 4.69) is 16.0 Å². The summed E-state index contributed by atoms with van der Waals surface area (Å²) in [5.74, 6) is -0.397. The Balaban J connectivity index is 1.96. The number of halogens is 3. The van der Waals surface area contributed by atoms with Crippen LogP contribution in [0, 0.1) is 5.41 Å². The number of carbonyl (C=O) groups excluding carboxylic acids is 2. The molecular weight excluding hydrogens is 409 g/mol. The maximum absolute atomic E-state index is 12.2. The number of hydrogen-bond acceptors (Lipinski definition) is 3. The third-order valence-electron chi connectivity index (χ3n) is 3.54. The van der Waals surface area contributed by atoms with Crippen LogP contribution in [0.3, 0.4) is 0 Å². The van der Waals surface area contributed by atoms with E-state index >= 15 is 0 Å². The number of nitrogens with one attached hydrogen (secondary N) is 3. The molecule has 0 saturated carbocycles. The number of benzene rings is 2. The normalized spacial score (nSPS) is 11.0. The number of hydrogen-bond donors (Lipinski definition) is 3. The number of amides is 2. The van der Waals surface area contributed by atoms with Gasteiger partial charge in [0.15, 0.2) is 0 Å². The van der Waals surface area contributed by atoms with Crippen LogP contribution in [0.4, 0.5) is 17.1 Å². The molecule has 5 nitrogen and oxygen atoms in total. The van der Waals surface area contributed by atoms with Crippen LogP contribution >= 0.6 is 34.8 Å². The summed E-state index contributed by atoms with van der Waals surface area (Å²) < 4.78 is 0. The SMILES string of the molecule is CC(C)(C)C(=O)Nc1cccc(NCC(=O)Nc2cc(Cl)c(Cl)cc2Cl)c1. The van der Waals surface area contributed by atoms with Gasteiger partial charge in [0, 0.05) is 16.8 Å². The minimum atomic E-state index is -0.498. The van der Waals surface area contributed by atoms with Gasteiger partial charge in [0.05, 0.1) is 27.3 Å². The van der Waals surface area contributed by atoms with Crippen LogP contribution in [0.5, 0.6) is 0 Å². The van der Waals surface area contributed by atoms with Crippen LogP contribution < -0.4 is 16.0 Å². The Kier molecular flexibility index (Phi) is 6.98. The molecule has 0 aliphatic heterocycles. The molecule has 2 rings (SSSR count). The van der Waals surface area contributed by atoms with Gasteiger partial charge in [0.2, 0.25) is 11.8 Å². The van der Waals surface area contributed by atoms with Crippen LogP contribution in [0.25, 0.3) is 0 Å². The third-order valence-corrected chi connectivity index (χ3v) is 4.57. The second-order valence-electron chi connectivity index (χ2n) is 6.93. The Hall–Kier alpha value is -1.95. The van der Waals surface area contributed by atoms with Gasteiger partial charge in [-0.1, -0.05) is 61.6 Å². The molecule has 0 aliphatic rings. The fraction of sp³-hybridized carbons (Fsp3) is 0.263. The Bertz CT molecular complexity index is 864. The second-order valence-corrected chi connectivity index (χ2v) is 8.15. The molecule has 0 aromatic heterocycles. The van der Waals surface area contributed by atoms with Crippen molar-refractivity contribution in [3.63, 3.8) is 0 Å². The molecule has 0 aliphatic carbocycles. The molecular formula is C19H20Cl3N3O2. The van der Waals surface area contributed by atoms with Gasteiger partial charge in [-0.2, -0.15) is 0 Å². The van der Waals surface area contributed by atoms with E-state index in [1.165, 1.54) is 12.1 Å². The summed E-state index contributed by atoms with van der Waals surface area (Å²) in [4.78, 5) is 24.2. The zero-order valence-electron chi connectivity index (χ0n) is 15.1. The third kappa shape index (κ3) is 6.31. The highest BCUT2D eigenvalue weighted by atomic mass is 35.5. The molecule has 0 spiro atoms. The van der Waals surface area contributed by atoms with Crippen molar-refractivity contribution >= 4 is 63.7 Å². The van der Waals surface area contributed by atoms with E-state index in [9.17, 15) is 9.59 Å². The molecule has 0 saturated heterocycles. The van der Waals surface area contributed by atoms with Gasteiger partial charge >= 0.3 is 0 Å². The van der Waals surface area contributed by atoms with Crippen LogP contribution in [0.1, 0.15) is 20.8 Å². The molecule has 0 atom stereocenters. The largest absolute Gasteiger partial charge is 0.376 e. The first-order valence-electron chi connectivity index (χ1n) is 8.16. The van der Waals surface area contributed by atoms with Crippen LogP contribution in [-0.2, 0) is 9.59 Å². The summed E-state index contributed by atoms with van der Waals surface area (Å²) >= 11 is 17.9. The van der Waals surface area contributed by atoms with Gasteiger partial charge in [-0.25, -0.2) is 0 Å². The van der Waals surface area contributed by atoms with E-state index in [1.807, 2.05) is 20.8 Å². The summed E-state index contributed by atoms with van der Waals surface area (Å²) in [6, 6.07) is 10.1. The fourth-order valence-electron chi connectivity index (χ4n) is 2.02. The number of carbonyl (C=O) groups is 2. The lowest BCUT2D eigenvalue weighted by molar-refractivity contribution is -0.123. The molecule has 0 radical (unpaired) electrons. The molecule has 144 valence electrons. The van der Waals surface area contributed by atoms with Crippen molar-refractivity contribution in [1.82, 2.24) is 0 Å². The minimum absolute atomic E-state index is 0.00719. The van der Waals surface area contributed by atoms with Crippen molar-refractivity contribution in [2.45, 2.75) is 20.8 Å². The molecule has 8 heteroatoms. The Morgan fingerprint density at radius 3 is 2.19 bits per heavy atom. The quantitative estimate of drug-likeness (QED) is 0.536. The Morgan fingerprint density at radius 1 is 0.889 bits per heavy atom. The predicted octanol–water partition coefficient (Wildman–Crippen LogP) is 5.68. The summed E-state index contributed by atoms with van der Waals surface area (Å²) in [6.45, 7) is 5.52. The van der Waals surface area contributed by atoms with Crippen molar-refractivity contribution in [2.24, 2.45) is 5.41 Å². The first-order chi connectivity index (χ1) is 12.6. The lowest BCUT2D eigenvalue weighted by Gasteiger charge is -2.18. The Labute approximate surface area is 173 Å². The van der Waals surface area contributed by atoms with E-state index in [0.717, 1.165) is 0 Å². The average molecular weight is 429 g/mol. The maximum Gasteiger partial charge on any atom is 0.243 e. The summed E-state index contributed by atoms with van der Waals surface area (Å²) in [6.07, 6.45) is 0. The smallest absolute Gasteiger partial charge is 0.243 e. The van der Waals surface area contributed by atoms with E-state index in [0.29, 0.717) is 32.1 Å². The first-order valence-corrected chi connectivity index (χ1v) is 9.29. The molecule has 2 aromatic carbocycles. The molecule has 3 N–H and O–H groups in total. The predicted molar refractivity (Wildman–Crippen MR) is 113 cm³/mol. The highest BCUT2D eigenvalue weighted by Gasteiger charge is 2.21. The molecule has 2 amide bonds. The highest BCUT2D eigenvalue weighted by molar-refractivity contribution is 6.44. The highest BCUT2D eigenvalue weighted by Crippen LogP contribution is 2.32. The zero-order chi connectivity index (χ0) is 20.2. The maximum atomic E-state index is 12.2. The van der Waals surface area contributed by atoms with Gasteiger partial charge in [-0.05, 0) is 30.3 Å². The molecule has 27 heavy (non-hydrogen) atoms. The molecule has 0 bridgehead atoms. The monoisotopic (exact) mass is 427 g/mol. The summed E-state index contributed by atoms with van der Waals surface area (Å²) in [7, 11) is 0. The van der Waals surface area contributed by atoms with Crippen molar-refractivity contribution in [3.05, 3.63) is 51.5 Å².